The van der Waals surface area contributed by atoms with E-state index in [4.69, 9.17) is 4.74 Å². The van der Waals surface area contributed by atoms with Crippen LogP contribution in [0.1, 0.15) is 17.5 Å². The molecule has 1 aromatic carbocycles. The predicted octanol–water partition coefficient (Wildman–Crippen LogP) is 2.80. The van der Waals surface area contributed by atoms with Crippen LogP contribution < -0.4 is 10.1 Å². The third-order valence-electron chi connectivity index (χ3n) is 3.46. The number of benzene rings is 1. The fraction of sp³-hybridized carbons (Fsp3) is 0.312. The molecule has 1 unspecified atom stereocenters. The molecule has 3 rings (SSSR count). The van der Waals surface area contributed by atoms with E-state index in [2.05, 4.69) is 22.8 Å². The van der Waals surface area contributed by atoms with E-state index in [1.165, 1.54) is 11.1 Å². The quantitative estimate of drug-likeness (QED) is 0.918. The number of fused-ring (bicyclic) bond motifs is 1. The lowest BCUT2D eigenvalue weighted by molar-refractivity contribution is -0.121. The third kappa shape index (κ3) is 3.20. The number of para-hydroxylation sites is 1. The summed E-state index contributed by atoms with van der Waals surface area (Å²) in [5.74, 6) is 1.04. The van der Waals surface area contributed by atoms with E-state index >= 15 is 0 Å². The topological polar surface area (TPSA) is 38.3 Å². The van der Waals surface area contributed by atoms with Gasteiger partial charge >= 0.3 is 0 Å². The van der Waals surface area contributed by atoms with E-state index in [9.17, 15) is 4.79 Å². The van der Waals surface area contributed by atoms with Gasteiger partial charge in [-0.05, 0) is 40.4 Å². The maximum absolute atomic E-state index is 11.8. The van der Waals surface area contributed by atoms with Crippen LogP contribution in [0.2, 0.25) is 0 Å². The van der Waals surface area contributed by atoms with Crippen molar-refractivity contribution < 1.29 is 9.53 Å². The number of amides is 1. The molecule has 1 N–H and O–H groups in total. The number of aryl methyl sites for hydroxylation is 1. The number of thiophene rings is 1. The van der Waals surface area contributed by atoms with Crippen LogP contribution in [0.3, 0.4) is 0 Å². The fourth-order valence-corrected chi connectivity index (χ4v) is 3.08. The Balaban J connectivity index is 1.41. The molecule has 0 radical (unpaired) electrons. The summed E-state index contributed by atoms with van der Waals surface area (Å²) < 4.78 is 5.79. The summed E-state index contributed by atoms with van der Waals surface area (Å²) in [5.41, 5.74) is 2.46. The van der Waals surface area contributed by atoms with Gasteiger partial charge in [-0.2, -0.15) is 11.3 Å². The molecule has 3 nitrogen and oxygen atoms in total. The molecular formula is C16H17NO2S. The Morgan fingerprint density at radius 3 is 3.05 bits per heavy atom. The van der Waals surface area contributed by atoms with E-state index in [1.54, 1.807) is 11.3 Å². The van der Waals surface area contributed by atoms with Crippen molar-refractivity contribution in [3.05, 3.63) is 52.2 Å². The van der Waals surface area contributed by atoms with Gasteiger partial charge in [-0.25, -0.2) is 0 Å². The second-order valence-electron chi connectivity index (χ2n) is 4.99. The molecule has 0 fully saturated rings. The van der Waals surface area contributed by atoms with Crippen LogP contribution in [0.5, 0.6) is 5.75 Å². The van der Waals surface area contributed by atoms with Gasteiger partial charge < -0.3 is 10.1 Å². The molecule has 20 heavy (non-hydrogen) atoms. The molecule has 0 aliphatic carbocycles. The highest BCUT2D eigenvalue weighted by molar-refractivity contribution is 7.07. The summed E-state index contributed by atoms with van der Waals surface area (Å²) in [7, 11) is 0. The van der Waals surface area contributed by atoms with Crippen molar-refractivity contribution in [2.24, 2.45) is 0 Å². The number of carbonyl (C=O) groups excluding carboxylic acids is 1. The molecule has 0 saturated heterocycles. The standard InChI is InChI=1S/C16H17NO2S/c18-16(6-5-12-7-8-20-11-12)17-10-14-9-13-3-1-2-4-15(13)19-14/h1-4,7-8,11,14H,5-6,9-10H2,(H,17,18). The van der Waals surface area contributed by atoms with Crippen LogP contribution in [0.4, 0.5) is 0 Å². The molecule has 2 heterocycles. The van der Waals surface area contributed by atoms with E-state index in [-0.39, 0.29) is 12.0 Å². The van der Waals surface area contributed by atoms with Crippen LogP contribution in [-0.4, -0.2) is 18.6 Å². The van der Waals surface area contributed by atoms with Crippen molar-refractivity contribution in [1.82, 2.24) is 5.32 Å². The van der Waals surface area contributed by atoms with Crippen molar-refractivity contribution in [1.29, 1.82) is 0 Å². The van der Waals surface area contributed by atoms with Crippen molar-refractivity contribution >= 4 is 17.2 Å². The first-order valence-corrected chi connectivity index (χ1v) is 7.78. The minimum atomic E-state index is 0.0671. The summed E-state index contributed by atoms with van der Waals surface area (Å²) in [5, 5.41) is 7.09. The van der Waals surface area contributed by atoms with Gasteiger partial charge in [0.05, 0.1) is 6.54 Å². The van der Waals surface area contributed by atoms with Gasteiger partial charge in [0.2, 0.25) is 5.91 Å². The third-order valence-corrected chi connectivity index (χ3v) is 4.19. The zero-order chi connectivity index (χ0) is 13.8. The normalized spacial score (nSPS) is 16.5. The average molecular weight is 287 g/mol. The summed E-state index contributed by atoms with van der Waals surface area (Å²) in [4.78, 5) is 11.8. The van der Waals surface area contributed by atoms with E-state index < -0.39 is 0 Å². The number of carbonyl (C=O) groups is 1. The minimum Gasteiger partial charge on any atom is -0.488 e. The highest BCUT2D eigenvalue weighted by atomic mass is 32.1. The van der Waals surface area contributed by atoms with Crippen LogP contribution in [-0.2, 0) is 17.6 Å². The molecule has 2 aromatic rings. The summed E-state index contributed by atoms with van der Waals surface area (Å²) in [6.45, 7) is 0.581. The maximum atomic E-state index is 11.8. The second-order valence-corrected chi connectivity index (χ2v) is 5.77. The Labute approximate surface area is 122 Å². The van der Waals surface area contributed by atoms with Gasteiger partial charge in [-0.3, -0.25) is 4.79 Å². The summed E-state index contributed by atoms with van der Waals surface area (Å²) >= 11 is 1.67. The zero-order valence-corrected chi connectivity index (χ0v) is 12.0. The van der Waals surface area contributed by atoms with Crippen LogP contribution in [0.15, 0.2) is 41.1 Å². The molecule has 1 atom stereocenters. The maximum Gasteiger partial charge on any atom is 0.220 e. The van der Waals surface area contributed by atoms with Gasteiger partial charge in [0.15, 0.2) is 0 Å². The van der Waals surface area contributed by atoms with Gasteiger partial charge in [0.25, 0.3) is 0 Å². The summed E-state index contributed by atoms with van der Waals surface area (Å²) in [6, 6.07) is 10.1. The number of nitrogens with one attached hydrogen (secondary N) is 1. The van der Waals surface area contributed by atoms with Gasteiger partial charge in [0, 0.05) is 12.8 Å². The van der Waals surface area contributed by atoms with Gasteiger partial charge in [-0.1, -0.05) is 18.2 Å². The molecule has 1 amide bonds. The van der Waals surface area contributed by atoms with E-state index in [0.29, 0.717) is 13.0 Å². The molecule has 4 heteroatoms. The zero-order valence-electron chi connectivity index (χ0n) is 11.2. The average Bonchev–Trinajstić information content (AvgIpc) is 3.11. The lowest BCUT2D eigenvalue weighted by atomic mass is 10.1. The Hall–Kier alpha value is -1.81. The van der Waals surface area contributed by atoms with Crippen LogP contribution in [0, 0.1) is 0 Å². The van der Waals surface area contributed by atoms with Gasteiger partial charge in [0.1, 0.15) is 11.9 Å². The monoisotopic (exact) mass is 287 g/mol. The van der Waals surface area contributed by atoms with Crippen molar-refractivity contribution in [3.8, 4) is 5.75 Å². The van der Waals surface area contributed by atoms with Crippen LogP contribution >= 0.6 is 11.3 Å². The number of rotatable bonds is 5. The van der Waals surface area contributed by atoms with Crippen molar-refractivity contribution in [2.75, 3.05) is 6.54 Å². The van der Waals surface area contributed by atoms with Gasteiger partial charge in [-0.15, -0.1) is 0 Å². The van der Waals surface area contributed by atoms with Crippen molar-refractivity contribution in [2.45, 2.75) is 25.4 Å². The molecule has 0 bridgehead atoms. The lowest BCUT2D eigenvalue weighted by Gasteiger charge is -2.11. The Morgan fingerprint density at radius 2 is 2.25 bits per heavy atom. The highest BCUT2D eigenvalue weighted by Gasteiger charge is 2.22. The van der Waals surface area contributed by atoms with E-state index in [0.717, 1.165) is 18.6 Å². The smallest absolute Gasteiger partial charge is 0.220 e. The molecule has 104 valence electrons. The lowest BCUT2D eigenvalue weighted by Crippen LogP contribution is -2.34. The second kappa shape index (κ2) is 6.09. The largest absolute Gasteiger partial charge is 0.488 e. The SMILES string of the molecule is O=C(CCc1ccsc1)NCC1Cc2ccccc2O1. The molecule has 0 spiro atoms. The number of hydrogen-bond acceptors (Lipinski definition) is 3. The highest BCUT2D eigenvalue weighted by Crippen LogP contribution is 2.27. The Kier molecular flexibility index (Phi) is 4.02. The number of hydrogen-bond donors (Lipinski definition) is 1. The first kappa shape index (κ1) is 13.2. The minimum absolute atomic E-state index is 0.0671. The first-order chi connectivity index (χ1) is 9.81. The number of ether oxygens (including phenoxy) is 1. The molecular weight excluding hydrogens is 270 g/mol. The molecule has 0 saturated carbocycles. The van der Waals surface area contributed by atoms with E-state index in [1.807, 2.05) is 23.6 Å². The van der Waals surface area contributed by atoms with Crippen molar-refractivity contribution in [3.63, 3.8) is 0 Å². The Bertz CT molecular complexity index is 555. The molecule has 1 aromatic heterocycles. The predicted molar refractivity (Wildman–Crippen MR) is 80.2 cm³/mol. The fourth-order valence-electron chi connectivity index (χ4n) is 2.38. The summed E-state index contributed by atoms with van der Waals surface area (Å²) in [6.07, 6.45) is 2.29. The molecule has 1 aliphatic heterocycles. The Morgan fingerprint density at radius 1 is 1.35 bits per heavy atom. The first-order valence-electron chi connectivity index (χ1n) is 6.83. The van der Waals surface area contributed by atoms with Crippen LogP contribution in [0.25, 0.3) is 0 Å². The molecule has 1 aliphatic rings.